The smallest absolute Gasteiger partial charge is 0.232 e. The second-order valence-electron chi connectivity index (χ2n) is 6.84. The molecule has 1 unspecified atom stereocenters. The van der Waals surface area contributed by atoms with Crippen LogP contribution in [0.1, 0.15) is 50.2 Å². The summed E-state index contributed by atoms with van der Waals surface area (Å²) in [6, 6.07) is 6.14. The average Bonchev–Trinajstić information content (AvgIpc) is 3.03. The Labute approximate surface area is 139 Å². The normalized spacial score (nSPS) is 17.8. The van der Waals surface area contributed by atoms with E-state index in [4.69, 9.17) is 4.74 Å². The maximum Gasteiger partial charge on any atom is 0.232 e. The third kappa shape index (κ3) is 3.69. The Morgan fingerprint density at radius 2 is 2.04 bits per heavy atom. The summed E-state index contributed by atoms with van der Waals surface area (Å²) in [6.07, 6.45) is 4.14. The molecule has 0 aliphatic heterocycles. The fourth-order valence-corrected chi connectivity index (χ4v) is 3.57. The molecule has 0 aromatic heterocycles. The lowest BCUT2D eigenvalue weighted by Crippen LogP contribution is -2.44. The van der Waals surface area contributed by atoms with Crippen LogP contribution in [0, 0.1) is 6.92 Å². The molecule has 1 atom stereocenters. The molecule has 0 radical (unpaired) electrons. The predicted octanol–water partition coefficient (Wildman–Crippen LogP) is 3.04. The second kappa shape index (κ2) is 7.35. The van der Waals surface area contributed by atoms with Crippen molar-refractivity contribution in [3.8, 4) is 5.75 Å². The molecular formula is C19H29NO3. The lowest BCUT2D eigenvalue weighted by molar-refractivity contribution is -0.136. The first-order valence-electron chi connectivity index (χ1n) is 8.49. The number of likely N-dealkylation sites (N-methyl/N-ethyl adjacent to an activating group) is 1. The van der Waals surface area contributed by atoms with E-state index in [1.807, 2.05) is 26.1 Å². The van der Waals surface area contributed by atoms with Gasteiger partial charge in [0, 0.05) is 13.6 Å². The number of aliphatic hydroxyl groups is 1. The summed E-state index contributed by atoms with van der Waals surface area (Å²) in [5.74, 6) is 1.01. The maximum atomic E-state index is 13.2. The van der Waals surface area contributed by atoms with E-state index in [2.05, 4.69) is 6.07 Å². The quantitative estimate of drug-likeness (QED) is 0.877. The molecule has 0 saturated heterocycles. The lowest BCUT2D eigenvalue weighted by atomic mass is 9.77. The van der Waals surface area contributed by atoms with Gasteiger partial charge in [-0.25, -0.2) is 0 Å². The largest absolute Gasteiger partial charge is 0.496 e. The van der Waals surface area contributed by atoms with Crippen molar-refractivity contribution < 1.29 is 14.6 Å². The Balaban J connectivity index is 2.30. The highest BCUT2D eigenvalue weighted by molar-refractivity contribution is 5.88. The zero-order chi connectivity index (χ0) is 17.0. The van der Waals surface area contributed by atoms with Crippen molar-refractivity contribution in [1.82, 2.24) is 4.90 Å². The lowest BCUT2D eigenvalue weighted by Gasteiger charge is -2.33. The molecule has 23 heavy (non-hydrogen) atoms. The zero-order valence-electron chi connectivity index (χ0n) is 14.8. The molecule has 2 rings (SSSR count). The third-order valence-corrected chi connectivity index (χ3v) is 5.06. The molecule has 4 nitrogen and oxygen atoms in total. The Kier molecular flexibility index (Phi) is 5.69. The predicted molar refractivity (Wildman–Crippen MR) is 91.8 cm³/mol. The number of nitrogens with zero attached hydrogens (tertiary/aromatic N) is 1. The highest BCUT2D eigenvalue weighted by Gasteiger charge is 2.44. The number of carbonyl (C=O) groups excluding carboxylic acids is 1. The number of hydrogen-bond donors (Lipinski definition) is 1. The molecular weight excluding hydrogens is 290 g/mol. The van der Waals surface area contributed by atoms with Crippen LogP contribution in [0.15, 0.2) is 18.2 Å². The Hall–Kier alpha value is -1.55. The topological polar surface area (TPSA) is 49.8 Å². The van der Waals surface area contributed by atoms with Crippen molar-refractivity contribution >= 4 is 5.91 Å². The molecule has 1 aromatic carbocycles. The van der Waals surface area contributed by atoms with Crippen molar-refractivity contribution in [3.63, 3.8) is 0 Å². The van der Waals surface area contributed by atoms with Crippen LogP contribution in [-0.4, -0.2) is 42.7 Å². The Morgan fingerprint density at radius 1 is 1.39 bits per heavy atom. The monoisotopic (exact) mass is 319 g/mol. The number of aryl methyl sites for hydroxylation is 1. The SMILES string of the molecule is COc1cc(C2(C(=O)N(C)CCC(C)O)CCCC2)ccc1C. The third-order valence-electron chi connectivity index (χ3n) is 5.06. The summed E-state index contributed by atoms with van der Waals surface area (Å²) >= 11 is 0. The minimum absolute atomic E-state index is 0.168. The highest BCUT2D eigenvalue weighted by Crippen LogP contribution is 2.43. The summed E-state index contributed by atoms with van der Waals surface area (Å²) in [5, 5.41) is 9.47. The van der Waals surface area contributed by atoms with Gasteiger partial charge in [0.25, 0.3) is 0 Å². The van der Waals surface area contributed by atoms with Gasteiger partial charge < -0.3 is 14.7 Å². The fraction of sp³-hybridized carbons (Fsp3) is 0.632. The van der Waals surface area contributed by atoms with Gasteiger partial charge in [0.1, 0.15) is 5.75 Å². The number of amides is 1. The Bertz CT molecular complexity index is 548. The molecule has 128 valence electrons. The average molecular weight is 319 g/mol. The van der Waals surface area contributed by atoms with E-state index in [-0.39, 0.29) is 12.0 Å². The first-order valence-corrected chi connectivity index (χ1v) is 8.49. The van der Waals surface area contributed by atoms with Gasteiger partial charge in [0.05, 0.1) is 18.6 Å². The van der Waals surface area contributed by atoms with Crippen LogP contribution in [0.2, 0.25) is 0 Å². The van der Waals surface area contributed by atoms with Crippen LogP contribution in [0.25, 0.3) is 0 Å². The van der Waals surface area contributed by atoms with Crippen molar-refractivity contribution in [3.05, 3.63) is 29.3 Å². The fourth-order valence-electron chi connectivity index (χ4n) is 3.57. The van der Waals surface area contributed by atoms with Crippen molar-refractivity contribution in [2.24, 2.45) is 0 Å². The van der Waals surface area contributed by atoms with Gasteiger partial charge in [-0.05, 0) is 50.3 Å². The minimum Gasteiger partial charge on any atom is -0.496 e. The van der Waals surface area contributed by atoms with Gasteiger partial charge in [-0.2, -0.15) is 0 Å². The number of rotatable bonds is 6. The van der Waals surface area contributed by atoms with E-state index in [1.165, 1.54) is 0 Å². The molecule has 0 bridgehead atoms. The van der Waals surface area contributed by atoms with Crippen LogP contribution in [0.5, 0.6) is 5.75 Å². The molecule has 4 heteroatoms. The summed E-state index contributed by atoms with van der Waals surface area (Å²) in [7, 11) is 3.51. The molecule has 1 fully saturated rings. The number of aliphatic hydroxyl groups excluding tert-OH is 1. The van der Waals surface area contributed by atoms with Crippen molar-refractivity contribution in [2.45, 2.75) is 57.5 Å². The zero-order valence-corrected chi connectivity index (χ0v) is 14.8. The molecule has 1 aliphatic carbocycles. The molecule has 1 N–H and O–H groups in total. The minimum atomic E-state index is -0.436. The van der Waals surface area contributed by atoms with Crippen molar-refractivity contribution in [2.75, 3.05) is 20.7 Å². The molecule has 1 aliphatic rings. The number of hydrogen-bond acceptors (Lipinski definition) is 3. The van der Waals surface area contributed by atoms with Crippen molar-refractivity contribution in [1.29, 1.82) is 0 Å². The number of methoxy groups -OCH3 is 1. The highest BCUT2D eigenvalue weighted by atomic mass is 16.5. The van der Waals surface area contributed by atoms with Crippen LogP contribution in [0.3, 0.4) is 0 Å². The maximum absolute atomic E-state index is 13.2. The van der Waals surface area contributed by atoms with Gasteiger partial charge in [0.2, 0.25) is 5.91 Å². The van der Waals surface area contributed by atoms with Gasteiger partial charge in [-0.1, -0.05) is 25.0 Å². The van der Waals surface area contributed by atoms with E-state index >= 15 is 0 Å². The van der Waals surface area contributed by atoms with E-state index < -0.39 is 5.41 Å². The molecule has 1 saturated carbocycles. The van der Waals surface area contributed by atoms with E-state index in [0.29, 0.717) is 13.0 Å². The van der Waals surface area contributed by atoms with E-state index in [1.54, 1.807) is 18.9 Å². The molecule has 0 heterocycles. The standard InChI is InChI=1S/C19H29NO3/c1-14-7-8-16(13-17(14)23-4)19(10-5-6-11-19)18(22)20(3)12-9-15(2)21/h7-8,13,15,21H,5-6,9-12H2,1-4H3. The van der Waals surface area contributed by atoms with Gasteiger partial charge in [-0.15, -0.1) is 0 Å². The first-order chi connectivity index (χ1) is 10.9. The number of ether oxygens (including phenoxy) is 1. The molecule has 0 spiro atoms. The summed E-state index contributed by atoms with van der Waals surface area (Å²) in [6.45, 7) is 4.36. The van der Waals surface area contributed by atoms with Crippen LogP contribution >= 0.6 is 0 Å². The van der Waals surface area contributed by atoms with E-state index in [0.717, 1.165) is 42.6 Å². The van der Waals surface area contributed by atoms with Crippen LogP contribution < -0.4 is 4.74 Å². The molecule has 1 amide bonds. The number of carbonyl (C=O) groups is 1. The van der Waals surface area contributed by atoms with E-state index in [9.17, 15) is 9.90 Å². The van der Waals surface area contributed by atoms with Gasteiger partial charge in [0.15, 0.2) is 0 Å². The summed E-state index contributed by atoms with van der Waals surface area (Å²) in [5.41, 5.74) is 1.71. The summed E-state index contributed by atoms with van der Waals surface area (Å²) in [4.78, 5) is 15.0. The van der Waals surface area contributed by atoms with Crippen LogP contribution in [0.4, 0.5) is 0 Å². The number of benzene rings is 1. The second-order valence-corrected chi connectivity index (χ2v) is 6.84. The Morgan fingerprint density at radius 3 is 2.61 bits per heavy atom. The molecule has 1 aromatic rings. The van der Waals surface area contributed by atoms with Crippen LogP contribution in [-0.2, 0) is 10.2 Å². The van der Waals surface area contributed by atoms with Gasteiger partial charge >= 0.3 is 0 Å². The van der Waals surface area contributed by atoms with Gasteiger partial charge in [-0.3, -0.25) is 4.79 Å². The first kappa shape index (κ1) is 17.8. The summed E-state index contributed by atoms with van der Waals surface area (Å²) < 4.78 is 5.45.